The van der Waals surface area contributed by atoms with Crippen LogP contribution in [0.3, 0.4) is 0 Å². The first-order valence-corrected chi connectivity index (χ1v) is 12.1. The zero-order valence-electron chi connectivity index (χ0n) is 20.2. The highest BCUT2D eigenvalue weighted by Gasteiger charge is 2.26. The molecule has 190 valence electrons. The second kappa shape index (κ2) is 11.9. The Balaban J connectivity index is 1.66. The summed E-state index contributed by atoms with van der Waals surface area (Å²) in [4.78, 5) is 16.0. The van der Waals surface area contributed by atoms with Gasteiger partial charge in [0.25, 0.3) is 0 Å². The lowest BCUT2D eigenvalue weighted by Gasteiger charge is -2.26. The summed E-state index contributed by atoms with van der Waals surface area (Å²) in [5.41, 5.74) is 1.89. The number of carbonyl (C=O) groups is 1. The third-order valence-corrected chi connectivity index (χ3v) is 6.58. The topological polar surface area (TPSA) is 101 Å². The van der Waals surface area contributed by atoms with E-state index in [-0.39, 0.29) is 18.3 Å². The average molecular weight is 495 g/mol. The maximum atomic E-state index is 15.1. The van der Waals surface area contributed by atoms with E-state index in [4.69, 9.17) is 14.5 Å². The molecule has 0 spiro atoms. The number of halogens is 1. The Morgan fingerprint density at radius 2 is 1.86 bits per heavy atom. The molecule has 0 unspecified atom stereocenters. The van der Waals surface area contributed by atoms with Crippen LogP contribution in [0.4, 0.5) is 10.2 Å². The number of rotatable bonds is 10. The number of phenolic OH excluding ortho intramolecular Hbond substituents is 1. The molecule has 3 aromatic rings. The van der Waals surface area contributed by atoms with Gasteiger partial charge in [0.2, 0.25) is 0 Å². The largest absolute Gasteiger partial charge is 0.507 e. The molecule has 2 aromatic carbocycles. The van der Waals surface area contributed by atoms with Crippen LogP contribution in [0.25, 0.3) is 22.4 Å². The summed E-state index contributed by atoms with van der Waals surface area (Å²) in [6.07, 6.45) is 2.97. The van der Waals surface area contributed by atoms with Crippen LogP contribution >= 0.6 is 0 Å². The van der Waals surface area contributed by atoms with E-state index in [1.165, 1.54) is 6.07 Å². The van der Waals surface area contributed by atoms with Crippen LogP contribution in [-0.2, 0) is 9.53 Å². The van der Waals surface area contributed by atoms with Gasteiger partial charge >= 0.3 is 5.97 Å². The van der Waals surface area contributed by atoms with Gasteiger partial charge in [-0.15, -0.1) is 0 Å². The lowest BCUT2D eigenvalue weighted by molar-refractivity contribution is -0.143. The molecular weight excluding hydrogens is 463 g/mol. The number of nitrogens with one attached hydrogen (secondary N) is 1. The van der Waals surface area contributed by atoms with Crippen molar-refractivity contribution >= 4 is 11.8 Å². The molecule has 3 N–H and O–H groups in total. The average Bonchev–Trinajstić information content (AvgIpc) is 2.88. The van der Waals surface area contributed by atoms with Crippen molar-refractivity contribution in [1.82, 2.24) is 4.98 Å². The SMILES string of the molecule is COCCOc1cccc(F)c1-c1cc(NCC2CCC(C(=O)O)CC2)nc(-c2ccccc2O)c1. The third kappa shape index (κ3) is 6.12. The first-order chi connectivity index (χ1) is 17.5. The molecular formula is C28H31FN2O5. The predicted molar refractivity (Wildman–Crippen MR) is 136 cm³/mol. The fourth-order valence-electron chi connectivity index (χ4n) is 4.60. The van der Waals surface area contributed by atoms with Crippen LogP contribution in [-0.4, -0.2) is 48.0 Å². The summed E-state index contributed by atoms with van der Waals surface area (Å²) in [6.45, 7) is 1.26. The number of benzene rings is 2. The fourth-order valence-corrected chi connectivity index (χ4v) is 4.60. The molecule has 1 saturated carbocycles. The number of phenols is 1. The van der Waals surface area contributed by atoms with Gasteiger partial charge in [-0.2, -0.15) is 0 Å². The van der Waals surface area contributed by atoms with Gasteiger partial charge in [-0.25, -0.2) is 9.37 Å². The van der Waals surface area contributed by atoms with E-state index < -0.39 is 11.8 Å². The minimum absolute atomic E-state index is 0.0743. The van der Waals surface area contributed by atoms with Crippen LogP contribution in [0.1, 0.15) is 25.7 Å². The van der Waals surface area contributed by atoms with E-state index in [1.54, 1.807) is 55.6 Å². The van der Waals surface area contributed by atoms with Gasteiger partial charge in [0.1, 0.15) is 29.7 Å². The molecule has 0 saturated heterocycles. The van der Waals surface area contributed by atoms with Crippen molar-refractivity contribution < 1.29 is 28.9 Å². The number of para-hydroxylation sites is 1. The number of hydrogen-bond donors (Lipinski definition) is 3. The van der Waals surface area contributed by atoms with E-state index in [0.29, 0.717) is 65.9 Å². The minimum atomic E-state index is -0.725. The van der Waals surface area contributed by atoms with Gasteiger partial charge in [0.05, 0.1) is 23.8 Å². The van der Waals surface area contributed by atoms with E-state index in [9.17, 15) is 15.0 Å². The van der Waals surface area contributed by atoms with Crippen molar-refractivity contribution in [2.45, 2.75) is 25.7 Å². The molecule has 0 amide bonds. The smallest absolute Gasteiger partial charge is 0.306 e. The van der Waals surface area contributed by atoms with Crippen LogP contribution < -0.4 is 10.1 Å². The molecule has 1 aromatic heterocycles. The number of pyridine rings is 1. The lowest BCUT2D eigenvalue weighted by Crippen LogP contribution is -2.25. The van der Waals surface area contributed by atoms with Gasteiger partial charge in [-0.1, -0.05) is 18.2 Å². The maximum absolute atomic E-state index is 15.1. The highest BCUT2D eigenvalue weighted by atomic mass is 19.1. The first-order valence-electron chi connectivity index (χ1n) is 12.1. The number of methoxy groups -OCH3 is 1. The van der Waals surface area contributed by atoms with Crippen molar-refractivity contribution in [1.29, 1.82) is 0 Å². The number of ether oxygens (including phenoxy) is 2. The van der Waals surface area contributed by atoms with Gasteiger partial charge in [-0.3, -0.25) is 4.79 Å². The maximum Gasteiger partial charge on any atom is 0.306 e. The van der Waals surface area contributed by atoms with Crippen molar-refractivity contribution in [2.24, 2.45) is 11.8 Å². The highest BCUT2D eigenvalue weighted by Crippen LogP contribution is 2.38. The molecule has 8 heteroatoms. The van der Waals surface area contributed by atoms with Crippen molar-refractivity contribution in [2.75, 3.05) is 32.2 Å². The number of nitrogens with zero attached hydrogens (tertiary/aromatic N) is 1. The summed E-state index contributed by atoms with van der Waals surface area (Å²) >= 11 is 0. The van der Waals surface area contributed by atoms with Crippen LogP contribution in [0.5, 0.6) is 11.5 Å². The van der Waals surface area contributed by atoms with Gasteiger partial charge in [0, 0.05) is 19.2 Å². The van der Waals surface area contributed by atoms with Crippen molar-refractivity contribution in [3.05, 3.63) is 60.4 Å². The van der Waals surface area contributed by atoms with Crippen LogP contribution in [0, 0.1) is 17.7 Å². The van der Waals surface area contributed by atoms with Crippen LogP contribution in [0.15, 0.2) is 54.6 Å². The number of aromatic hydroxyl groups is 1. The van der Waals surface area contributed by atoms with E-state index >= 15 is 4.39 Å². The van der Waals surface area contributed by atoms with Crippen LogP contribution in [0.2, 0.25) is 0 Å². The van der Waals surface area contributed by atoms with E-state index in [2.05, 4.69) is 5.32 Å². The minimum Gasteiger partial charge on any atom is -0.507 e. The van der Waals surface area contributed by atoms with E-state index in [0.717, 1.165) is 12.8 Å². The number of carboxylic acids is 1. The molecule has 1 heterocycles. The molecule has 1 aliphatic rings. The Morgan fingerprint density at radius 1 is 1.08 bits per heavy atom. The molecule has 1 aliphatic carbocycles. The van der Waals surface area contributed by atoms with Gasteiger partial charge in [0.15, 0.2) is 0 Å². The zero-order chi connectivity index (χ0) is 25.5. The fraction of sp³-hybridized carbons (Fsp3) is 0.357. The predicted octanol–water partition coefficient (Wildman–Crippen LogP) is 5.59. The molecule has 7 nitrogen and oxygen atoms in total. The Labute approximate surface area is 209 Å². The zero-order valence-corrected chi connectivity index (χ0v) is 20.2. The number of aromatic nitrogens is 1. The van der Waals surface area contributed by atoms with Gasteiger partial charge < -0.3 is 25.0 Å². The summed E-state index contributed by atoms with van der Waals surface area (Å²) in [7, 11) is 1.57. The second-order valence-electron chi connectivity index (χ2n) is 9.03. The monoisotopic (exact) mass is 494 g/mol. The molecule has 0 radical (unpaired) electrons. The first kappa shape index (κ1) is 25.4. The Hall–Kier alpha value is -3.65. The van der Waals surface area contributed by atoms with Crippen molar-refractivity contribution in [3.63, 3.8) is 0 Å². The Morgan fingerprint density at radius 3 is 2.58 bits per heavy atom. The number of hydrogen-bond acceptors (Lipinski definition) is 6. The normalized spacial score (nSPS) is 17.5. The highest BCUT2D eigenvalue weighted by molar-refractivity contribution is 5.79. The summed E-state index contributed by atoms with van der Waals surface area (Å²) in [5, 5.41) is 23.1. The summed E-state index contributed by atoms with van der Waals surface area (Å²) < 4.78 is 26.0. The van der Waals surface area contributed by atoms with E-state index in [1.807, 2.05) is 0 Å². The van der Waals surface area contributed by atoms with Gasteiger partial charge in [-0.05, 0) is 73.6 Å². The molecule has 36 heavy (non-hydrogen) atoms. The number of aliphatic carboxylic acids is 1. The number of anilines is 1. The number of carboxylic acid groups (broad SMARTS) is 1. The molecule has 0 atom stereocenters. The second-order valence-corrected chi connectivity index (χ2v) is 9.03. The Kier molecular flexibility index (Phi) is 8.38. The van der Waals surface area contributed by atoms with Crippen molar-refractivity contribution in [3.8, 4) is 33.9 Å². The third-order valence-electron chi connectivity index (χ3n) is 6.58. The quantitative estimate of drug-likeness (QED) is 0.316. The molecule has 1 fully saturated rings. The molecule has 0 aliphatic heterocycles. The lowest BCUT2D eigenvalue weighted by atomic mass is 9.82. The summed E-state index contributed by atoms with van der Waals surface area (Å²) in [6, 6.07) is 15.1. The molecule has 0 bridgehead atoms. The Bertz CT molecular complexity index is 1190. The summed E-state index contributed by atoms with van der Waals surface area (Å²) in [5.74, 6) is -0.107. The molecule has 4 rings (SSSR count). The standard InChI is InChI=1S/C28H31FN2O5/c1-35-13-14-36-25-8-4-6-22(29)27(25)20-15-23(21-5-2-3-7-24(21)32)31-26(16-20)30-17-18-9-11-19(12-10-18)28(33)34/h2-8,15-16,18-19,32H,9-14,17H2,1H3,(H,30,31)(H,33,34).